The number of fused-ring (bicyclic) bond motifs is 4. The molecule has 2 aromatic carbocycles. The lowest BCUT2D eigenvalue weighted by atomic mass is 9.90. The highest BCUT2D eigenvalue weighted by Gasteiger charge is 2.52. The number of benzene rings is 2. The molecular formula is C23H27FN3O+. The Hall–Kier alpha value is -2.40. The van der Waals surface area contributed by atoms with Crippen LogP contribution in [0.1, 0.15) is 48.9 Å². The first-order valence-corrected chi connectivity index (χ1v) is 10.3. The lowest BCUT2D eigenvalue weighted by Gasteiger charge is -2.50. The van der Waals surface area contributed by atoms with E-state index in [4.69, 9.17) is 9.84 Å². The quantitative estimate of drug-likeness (QED) is 0.868. The van der Waals surface area contributed by atoms with E-state index in [1.807, 2.05) is 12.1 Å². The fourth-order valence-electron chi connectivity index (χ4n) is 4.90. The molecular weight excluding hydrogens is 353 g/mol. The summed E-state index contributed by atoms with van der Waals surface area (Å²) in [5, 5.41) is 7.30. The molecule has 0 aromatic heterocycles. The second-order valence-corrected chi connectivity index (χ2v) is 8.31. The summed E-state index contributed by atoms with van der Waals surface area (Å²) in [4.78, 5) is 1.63. The third kappa shape index (κ3) is 2.80. The van der Waals surface area contributed by atoms with Gasteiger partial charge in [-0.3, -0.25) is 0 Å². The molecule has 146 valence electrons. The van der Waals surface area contributed by atoms with Crippen molar-refractivity contribution in [3.05, 3.63) is 65.0 Å². The van der Waals surface area contributed by atoms with Gasteiger partial charge in [-0.2, -0.15) is 5.10 Å². The van der Waals surface area contributed by atoms with Crippen LogP contribution in [0.2, 0.25) is 0 Å². The average Bonchev–Trinajstić information content (AvgIpc) is 3.17. The summed E-state index contributed by atoms with van der Waals surface area (Å²) in [5.41, 5.74) is 4.10. The van der Waals surface area contributed by atoms with Gasteiger partial charge in [0, 0.05) is 12.0 Å². The minimum atomic E-state index is -0.368. The van der Waals surface area contributed by atoms with Crippen LogP contribution >= 0.6 is 0 Å². The molecule has 5 rings (SSSR count). The van der Waals surface area contributed by atoms with Crippen molar-refractivity contribution in [1.29, 1.82) is 0 Å². The molecule has 3 aliphatic heterocycles. The molecule has 3 heterocycles. The monoisotopic (exact) mass is 380 g/mol. The second kappa shape index (κ2) is 6.59. The van der Waals surface area contributed by atoms with E-state index >= 15 is 0 Å². The maximum absolute atomic E-state index is 13.4. The zero-order valence-electron chi connectivity index (χ0n) is 16.5. The lowest BCUT2D eigenvalue weighted by molar-refractivity contribution is -0.906. The van der Waals surface area contributed by atoms with Crippen molar-refractivity contribution in [3.63, 3.8) is 0 Å². The van der Waals surface area contributed by atoms with Crippen LogP contribution in [0.5, 0.6) is 5.75 Å². The first-order valence-electron chi connectivity index (χ1n) is 10.3. The molecule has 0 aliphatic carbocycles. The van der Waals surface area contributed by atoms with Gasteiger partial charge in [0.2, 0.25) is 5.72 Å². The topological polar surface area (TPSA) is 29.3 Å². The van der Waals surface area contributed by atoms with E-state index in [-0.39, 0.29) is 17.6 Å². The lowest BCUT2D eigenvalue weighted by Crippen LogP contribution is -3.13. The number of likely N-dealkylation sites (tertiary alicyclic amines) is 1. The number of hydrogen-bond donors (Lipinski definition) is 1. The van der Waals surface area contributed by atoms with Crippen molar-refractivity contribution in [2.45, 2.75) is 44.9 Å². The third-order valence-corrected chi connectivity index (χ3v) is 6.57. The van der Waals surface area contributed by atoms with E-state index in [1.165, 1.54) is 23.3 Å². The van der Waals surface area contributed by atoms with Crippen molar-refractivity contribution >= 4 is 5.71 Å². The number of aryl methyl sites for hydroxylation is 1. The SMILES string of the molecule is CC[NH+]1CCC2(CC1)Oc1ccc(C)cc1[C@H]1CC(c3ccc(F)cc3)=NN12. The zero-order valence-corrected chi connectivity index (χ0v) is 16.5. The summed E-state index contributed by atoms with van der Waals surface area (Å²) < 4.78 is 20.1. The highest BCUT2D eigenvalue weighted by Crippen LogP contribution is 2.49. The van der Waals surface area contributed by atoms with Gasteiger partial charge in [0.25, 0.3) is 0 Å². The molecule has 1 fully saturated rings. The summed E-state index contributed by atoms with van der Waals surface area (Å²) in [7, 11) is 0. The van der Waals surface area contributed by atoms with Crippen LogP contribution in [0.3, 0.4) is 0 Å². The highest BCUT2D eigenvalue weighted by molar-refractivity contribution is 6.02. The number of nitrogens with zero attached hydrogens (tertiary/aromatic N) is 2. The first-order chi connectivity index (χ1) is 13.6. The number of rotatable bonds is 2. The van der Waals surface area contributed by atoms with Gasteiger partial charge in [-0.1, -0.05) is 29.8 Å². The molecule has 5 heteroatoms. The molecule has 2 aromatic rings. The minimum Gasteiger partial charge on any atom is -0.466 e. The molecule has 28 heavy (non-hydrogen) atoms. The number of halogens is 1. The van der Waals surface area contributed by atoms with Gasteiger partial charge in [0.05, 0.1) is 44.2 Å². The Labute approximate surface area is 165 Å². The summed E-state index contributed by atoms with van der Waals surface area (Å²) in [5.74, 6) is 0.790. The van der Waals surface area contributed by atoms with Crippen LogP contribution in [0.4, 0.5) is 4.39 Å². The van der Waals surface area contributed by atoms with Gasteiger partial charge in [-0.15, -0.1) is 0 Å². The van der Waals surface area contributed by atoms with Gasteiger partial charge in [-0.05, 0) is 37.6 Å². The summed E-state index contributed by atoms with van der Waals surface area (Å²) in [6, 6.07) is 13.4. The highest BCUT2D eigenvalue weighted by atomic mass is 19.1. The Bertz CT molecular complexity index is 916. The van der Waals surface area contributed by atoms with Crippen LogP contribution in [0, 0.1) is 12.7 Å². The van der Waals surface area contributed by atoms with Gasteiger partial charge in [0.15, 0.2) is 0 Å². The Kier molecular flexibility index (Phi) is 4.16. The maximum Gasteiger partial charge on any atom is 0.208 e. The van der Waals surface area contributed by atoms with Gasteiger partial charge >= 0.3 is 0 Å². The van der Waals surface area contributed by atoms with Crippen LogP contribution in [0.15, 0.2) is 47.6 Å². The fraction of sp³-hybridized carbons (Fsp3) is 0.435. The van der Waals surface area contributed by atoms with Crippen molar-refractivity contribution in [3.8, 4) is 5.75 Å². The predicted molar refractivity (Wildman–Crippen MR) is 107 cm³/mol. The summed E-state index contributed by atoms with van der Waals surface area (Å²) in [6.07, 6.45) is 2.78. The molecule has 0 radical (unpaired) electrons. The zero-order chi connectivity index (χ0) is 19.3. The van der Waals surface area contributed by atoms with Crippen molar-refractivity contribution in [2.75, 3.05) is 19.6 Å². The first kappa shape index (κ1) is 17.7. The van der Waals surface area contributed by atoms with Crippen LogP contribution < -0.4 is 9.64 Å². The van der Waals surface area contributed by atoms with Crippen molar-refractivity contribution in [2.24, 2.45) is 5.10 Å². The molecule has 1 spiro atoms. The molecule has 1 N–H and O–H groups in total. The Balaban J connectivity index is 1.56. The standard InChI is InChI=1S/C23H26FN3O/c1-3-26-12-10-23(11-13-26)27-21(19-14-16(2)4-9-22(19)28-23)15-20(25-27)17-5-7-18(24)8-6-17/h4-9,14,21H,3,10-13,15H2,1-2H3/p+1/t21-/m1/s1. The minimum absolute atomic E-state index is 0.187. The van der Waals surface area contributed by atoms with E-state index in [0.717, 1.165) is 55.9 Å². The summed E-state index contributed by atoms with van der Waals surface area (Å²) in [6.45, 7) is 7.72. The van der Waals surface area contributed by atoms with Crippen molar-refractivity contribution in [1.82, 2.24) is 5.01 Å². The number of quaternary nitrogens is 1. The van der Waals surface area contributed by atoms with Gasteiger partial charge < -0.3 is 9.64 Å². The van der Waals surface area contributed by atoms with E-state index < -0.39 is 0 Å². The fourth-order valence-corrected chi connectivity index (χ4v) is 4.90. The van der Waals surface area contributed by atoms with Crippen LogP contribution in [0.25, 0.3) is 0 Å². The Morgan fingerprint density at radius 2 is 1.93 bits per heavy atom. The van der Waals surface area contributed by atoms with Crippen LogP contribution in [-0.2, 0) is 0 Å². The molecule has 0 bridgehead atoms. The van der Waals surface area contributed by atoms with E-state index in [0.29, 0.717) is 0 Å². The normalized spacial score (nSPS) is 28.5. The molecule has 0 amide bonds. The van der Waals surface area contributed by atoms with Gasteiger partial charge in [-0.25, -0.2) is 9.40 Å². The molecule has 0 saturated carbocycles. The van der Waals surface area contributed by atoms with Crippen LogP contribution in [-0.4, -0.2) is 36.1 Å². The second-order valence-electron chi connectivity index (χ2n) is 8.31. The summed E-state index contributed by atoms with van der Waals surface area (Å²) >= 11 is 0. The van der Waals surface area contributed by atoms with E-state index in [1.54, 1.807) is 4.90 Å². The van der Waals surface area contributed by atoms with E-state index in [9.17, 15) is 4.39 Å². The molecule has 1 saturated heterocycles. The number of piperidine rings is 1. The average molecular weight is 380 g/mol. The molecule has 1 atom stereocenters. The molecule has 0 unspecified atom stereocenters. The number of nitrogens with one attached hydrogen (secondary N) is 1. The third-order valence-electron chi connectivity index (χ3n) is 6.57. The number of hydrogen-bond acceptors (Lipinski definition) is 3. The predicted octanol–water partition coefficient (Wildman–Crippen LogP) is 3.07. The molecule has 4 nitrogen and oxygen atoms in total. The maximum atomic E-state index is 13.4. The number of hydrazone groups is 1. The van der Waals surface area contributed by atoms with Crippen molar-refractivity contribution < 1.29 is 14.0 Å². The number of ether oxygens (including phenoxy) is 1. The van der Waals surface area contributed by atoms with Gasteiger partial charge in [0.1, 0.15) is 11.6 Å². The Morgan fingerprint density at radius 1 is 1.18 bits per heavy atom. The molecule has 3 aliphatic rings. The largest absolute Gasteiger partial charge is 0.466 e. The van der Waals surface area contributed by atoms with E-state index in [2.05, 4.69) is 37.1 Å². The smallest absolute Gasteiger partial charge is 0.208 e. The Morgan fingerprint density at radius 3 is 2.64 bits per heavy atom.